The van der Waals surface area contributed by atoms with Crippen molar-refractivity contribution in [2.45, 2.75) is 6.54 Å². The minimum absolute atomic E-state index is 0.193. The van der Waals surface area contributed by atoms with Crippen molar-refractivity contribution in [3.63, 3.8) is 0 Å². The van der Waals surface area contributed by atoms with Crippen molar-refractivity contribution in [3.8, 4) is 0 Å². The number of hydrogen-bond acceptors (Lipinski definition) is 5. The second-order valence-corrected chi connectivity index (χ2v) is 2.72. The van der Waals surface area contributed by atoms with Crippen LogP contribution in [0.5, 0.6) is 0 Å². The maximum Gasteiger partial charge on any atom is 0.347 e. The zero-order chi connectivity index (χ0) is 9.84. The van der Waals surface area contributed by atoms with Gasteiger partial charge < -0.3 is 0 Å². The van der Waals surface area contributed by atoms with Gasteiger partial charge in [-0.25, -0.2) is 4.79 Å². The number of aromatic nitrogens is 2. The zero-order valence-corrected chi connectivity index (χ0v) is 7.48. The van der Waals surface area contributed by atoms with Gasteiger partial charge in [0.1, 0.15) is 6.20 Å². The lowest BCUT2D eigenvalue weighted by Gasteiger charge is -1.99. The van der Waals surface area contributed by atoms with Gasteiger partial charge in [0.2, 0.25) is 0 Å². The van der Waals surface area contributed by atoms with E-state index in [1.807, 2.05) is 0 Å². The molecule has 6 nitrogen and oxygen atoms in total. The number of nitro groups is 1. The monoisotopic (exact) mass is 201 g/mol. The minimum Gasteiger partial charge on any atom is -0.291 e. The Morgan fingerprint density at radius 1 is 1.69 bits per heavy atom. The van der Waals surface area contributed by atoms with Gasteiger partial charge in [-0.05, 0) is 0 Å². The van der Waals surface area contributed by atoms with Crippen LogP contribution in [-0.4, -0.2) is 20.2 Å². The first kappa shape index (κ1) is 9.72. The zero-order valence-electron chi connectivity index (χ0n) is 6.58. The summed E-state index contributed by atoms with van der Waals surface area (Å²) in [5.41, 5.74) is -0.693. The molecule has 0 amide bonds. The number of hydrogen-bond donors (Lipinski definition) is 1. The van der Waals surface area contributed by atoms with Gasteiger partial charge in [0.05, 0.1) is 11.1 Å². The van der Waals surface area contributed by atoms with Gasteiger partial charge in [-0.2, -0.15) is 17.6 Å². The van der Waals surface area contributed by atoms with Crippen molar-refractivity contribution >= 4 is 18.3 Å². The average Bonchev–Trinajstić information content (AvgIpc) is 2.08. The van der Waals surface area contributed by atoms with E-state index in [1.54, 1.807) is 0 Å². The molecule has 0 aliphatic carbocycles. The van der Waals surface area contributed by atoms with Crippen LogP contribution in [0, 0.1) is 10.1 Å². The van der Waals surface area contributed by atoms with Gasteiger partial charge in [-0.3, -0.25) is 14.7 Å². The third kappa shape index (κ3) is 2.28. The molecule has 13 heavy (non-hydrogen) atoms. The highest BCUT2D eigenvalue weighted by molar-refractivity contribution is 7.80. The molecule has 0 unspecified atom stereocenters. The van der Waals surface area contributed by atoms with Crippen molar-refractivity contribution in [2.24, 2.45) is 0 Å². The molecule has 0 saturated carbocycles. The summed E-state index contributed by atoms with van der Waals surface area (Å²) in [5.74, 6) is 0.433. The predicted octanol–water partition coefficient (Wildman–Crippen LogP) is 0.0813. The quantitative estimate of drug-likeness (QED) is 0.427. The van der Waals surface area contributed by atoms with E-state index in [4.69, 9.17) is 0 Å². The predicted molar refractivity (Wildman–Crippen MR) is 49.0 cm³/mol. The number of rotatable bonds is 3. The molecular formula is C6H7N3O3S. The first-order valence-corrected chi connectivity index (χ1v) is 4.10. The Balaban J connectivity index is 3.11. The summed E-state index contributed by atoms with van der Waals surface area (Å²) in [6, 6.07) is 0. The van der Waals surface area contributed by atoms with E-state index in [1.165, 1.54) is 0 Å². The molecule has 0 aliphatic rings. The fraction of sp³-hybridized carbons (Fsp3) is 0.333. The lowest BCUT2D eigenvalue weighted by molar-refractivity contribution is -0.385. The molecule has 0 atom stereocenters. The molecule has 1 aromatic heterocycles. The summed E-state index contributed by atoms with van der Waals surface area (Å²) < 4.78 is 1.16. The van der Waals surface area contributed by atoms with Crippen LogP contribution in [0.4, 0.5) is 5.69 Å². The van der Waals surface area contributed by atoms with E-state index in [-0.39, 0.29) is 5.69 Å². The molecule has 7 heteroatoms. The highest BCUT2D eigenvalue weighted by Gasteiger charge is 2.07. The molecule has 0 bridgehead atoms. The Labute approximate surface area is 78.8 Å². The van der Waals surface area contributed by atoms with Crippen molar-refractivity contribution in [1.82, 2.24) is 9.55 Å². The van der Waals surface area contributed by atoms with Gasteiger partial charge in [-0.15, -0.1) is 0 Å². The van der Waals surface area contributed by atoms with E-state index in [0.717, 1.165) is 17.0 Å². The molecule has 1 rings (SSSR count). The summed E-state index contributed by atoms with van der Waals surface area (Å²) in [7, 11) is 0. The van der Waals surface area contributed by atoms with E-state index in [9.17, 15) is 14.9 Å². The van der Waals surface area contributed by atoms with Crippen molar-refractivity contribution in [2.75, 3.05) is 5.75 Å². The number of thiol groups is 1. The molecule has 0 aliphatic heterocycles. The highest BCUT2D eigenvalue weighted by Crippen LogP contribution is 2.04. The number of nitrogens with zero attached hydrogens (tertiary/aromatic N) is 3. The largest absolute Gasteiger partial charge is 0.347 e. The van der Waals surface area contributed by atoms with Crippen LogP contribution in [0.25, 0.3) is 0 Å². The van der Waals surface area contributed by atoms with E-state index < -0.39 is 10.6 Å². The standard InChI is InChI=1S/C6H7N3O3S/c10-6-7-3-5(9(11)12)4-8(6)1-2-13/h3-4,13H,1-2H2. The average molecular weight is 201 g/mol. The van der Waals surface area contributed by atoms with Gasteiger partial charge >= 0.3 is 11.4 Å². The molecule has 0 aromatic carbocycles. The molecule has 0 N–H and O–H groups in total. The van der Waals surface area contributed by atoms with E-state index in [2.05, 4.69) is 17.6 Å². The third-order valence-electron chi connectivity index (χ3n) is 1.39. The molecule has 1 aromatic rings. The van der Waals surface area contributed by atoms with Crippen LogP contribution < -0.4 is 5.69 Å². The lowest BCUT2D eigenvalue weighted by Crippen LogP contribution is -2.23. The summed E-state index contributed by atoms with van der Waals surface area (Å²) in [6.07, 6.45) is 2.10. The van der Waals surface area contributed by atoms with Crippen LogP contribution >= 0.6 is 12.6 Å². The molecule has 0 radical (unpaired) electrons. The Hall–Kier alpha value is -1.37. The van der Waals surface area contributed by atoms with Crippen LogP contribution in [0.3, 0.4) is 0 Å². The molecule has 0 fully saturated rings. The van der Waals surface area contributed by atoms with E-state index in [0.29, 0.717) is 12.3 Å². The Morgan fingerprint density at radius 2 is 2.38 bits per heavy atom. The molecule has 0 spiro atoms. The second-order valence-electron chi connectivity index (χ2n) is 2.27. The van der Waals surface area contributed by atoms with Gasteiger partial charge in [0.15, 0.2) is 0 Å². The summed E-state index contributed by atoms with van der Waals surface area (Å²) in [4.78, 5) is 24.0. The van der Waals surface area contributed by atoms with Crippen molar-refractivity contribution in [3.05, 3.63) is 33.0 Å². The lowest BCUT2D eigenvalue weighted by atomic mass is 10.5. The van der Waals surface area contributed by atoms with Gasteiger partial charge in [0, 0.05) is 12.3 Å². The molecule has 70 valence electrons. The van der Waals surface area contributed by atoms with Gasteiger partial charge in [0.25, 0.3) is 0 Å². The molecular weight excluding hydrogens is 194 g/mol. The van der Waals surface area contributed by atoms with Crippen LogP contribution in [0.15, 0.2) is 17.2 Å². The maximum atomic E-state index is 11.0. The second kappa shape index (κ2) is 4.04. The molecule has 1 heterocycles. The van der Waals surface area contributed by atoms with E-state index >= 15 is 0 Å². The van der Waals surface area contributed by atoms with Crippen LogP contribution in [0.1, 0.15) is 0 Å². The Kier molecular flexibility index (Phi) is 3.02. The maximum absolute atomic E-state index is 11.0. The summed E-state index contributed by atoms with van der Waals surface area (Å²) in [5, 5.41) is 10.3. The first-order valence-electron chi connectivity index (χ1n) is 3.47. The van der Waals surface area contributed by atoms with Gasteiger partial charge in [-0.1, -0.05) is 0 Å². The third-order valence-corrected chi connectivity index (χ3v) is 1.59. The normalized spacial score (nSPS) is 9.92. The SMILES string of the molecule is O=c1ncc([N+](=O)[O-])cn1CCS. The highest BCUT2D eigenvalue weighted by atomic mass is 32.1. The topological polar surface area (TPSA) is 78.0 Å². The van der Waals surface area contributed by atoms with Crippen molar-refractivity contribution < 1.29 is 4.92 Å². The minimum atomic E-state index is -0.596. The smallest absolute Gasteiger partial charge is 0.291 e. The Morgan fingerprint density at radius 3 is 2.92 bits per heavy atom. The fourth-order valence-corrected chi connectivity index (χ4v) is 1.02. The fourth-order valence-electron chi connectivity index (χ4n) is 0.806. The summed E-state index contributed by atoms with van der Waals surface area (Å²) in [6.45, 7) is 0.316. The summed E-state index contributed by atoms with van der Waals surface area (Å²) >= 11 is 3.91. The van der Waals surface area contributed by atoms with Crippen molar-refractivity contribution in [1.29, 1.82) is 0 Å². The Bertz CT molecular complexity index is 376. The first-order chi connectivity index (χ1) is 6.15. The van der Waals surface area contributed by atoms with Crippen LogP contribution in [0.2, 0.25) is 0 Å². The molecule has 0 saturated heterocycles. The van der Waals surface area contributed by atoms with Crippen LogP contribution in [-0.2, 0) is 6.54 Å². The number of aryl methyl sites for hydroxylation is 1.